The maximum Gasteiger partial charge on any atom is 0.122 e. The molecule has 0 aliphatic heterocycles. The van der Waals surface area contributed by atoms with E-state index in [0.29, 0.717) is 12.5 Å². The highest BCUT2D eigenvalue weighted by Crippen LogP contribution is 2.23. The van der Waals surface area contributed by atoms with Gasteiger partial charge in [0, 0.05) is 0 Å². The zero-order valence-electron chi connectivity index (χ0n) is 9.92. The highest BCUT2D eigenvalue weighted by Gasteiger charge is 2.05. The fraction of sp³-hybridized carbons (Fsp3) is 0.429. The molecule has 1 heteroatoms. The Balaban J connectivity index is 2.86. The van der Waals surface area contributed by atoms with Crippen LogP contribution >= 0.6 is 0 Å². The molecule has 0 aliphatic carbocycles. The molecular weight excluding hydrogens is 184 g/mol. The van der Waals surface area contributed by atoms with Crippen LogP contribution in [0.5, 0.6) is 5.75 Å². The van der Waals surface area contributed by atoms with Crippen molar-refractivity contribution in [2.45, 2.75) is 27.2 Å². The molecule has 0 aromatic heterocycles. The fourth-order valence-corrected chi connectivity index (χ4v) is 1.60. The van der Waals surface area contributed by atoms with Gasteiger partial charge in [0.2, 0.25) is 0 Å². The van der Waals surface area contributed by atoms with E-state index in [1.807, 2.05) is 0 Å². The molecule has 0 fully saturated rings. The first-order valence-electron chi connectivity index (χ1n) is 5.46. The number of ether oxygens (including phenoxy) is 1. The van der Waals surface area contributed by atoms with E-state index < -0.39 is 0 Å². The second-order valence-corrected chi connectivity index (χ2v) is 4.31. The number of hydrogen-bond acceptors (Lipinski definition) is 1. The van der Waals surface area contributed by atoms with Crippen molar-refractivity contribution in [3.05, 3.63) is 42.0 Å². The smallest absolute Gasteiger partial charge is 0.122 e. The van der Waals surface area contributed by atoms with Gasteiger partial charge in [0.1, 0.15) is 12.4 Å². The highest BCUT2D eigenvalue weighted by molar-refractivity contribution is 5.37. The summed E-state index contributed by atoms with van der Waals surface area (Å²) in [5.74, 6) is 1.65. The molecule has 0 radical (unpaired) electrons. The summed E-state index contributed by atoms with van der Waals surface area (Å²) >= 11 is 0. The van der Waals surface area contributed by atoms with Crippen LogP contribution in [0.1, 0.15) is 25.0 Å². The Labute approximate surface area is 92.8 Å². The van der Waals surface area contributed by atoms with Crippen molar-refractivity contribution in [1.82, 2.24) is 0 Å². The first kappa shape index (κ1) is 11.8. The Morgan fingerprint density at radius 2 is 2.13 bits per heavy atom. The highest BCUT2D eigenvalue weighted by atomic mass is 16.5. The van der Waals surface area contributed by atoms with Crippen LogP contribution in [0.3, 0.4) is 0 Å². The molecule has 0 atom stereocenters. The first-order chi connectivity index (χ1) is 7.13. The lowest BCUT2D eigenvalue weighted by atomic mass is 10.0. The SMILES string of the molecule is C=CCOc1ccc(C)cc1CC(C)C. The number of rotatable bonds is 5. The van der Waals surface area contributed by atoms with Gasteiger partial charge in [0.25, 0.3) is 0 Å². The molecule has 0 unspecified atom stereocenters. The van der Waals surface area contributed by atoms with Crippen LogP contribution in [0.4, 0.5) is 0 Å². The average molecular weight is 204 g/mol. The quantitative estimate of drug-likeness (QED) is 0.664. The molecule has 0 aliphatic rings. The summed E-state index contributed by atoms with van der Waals surface area (Å²) in [5, 5.41) is 0. The van der Waals surface area contributed by atoms with Crippen molar-refractivity contribution in [2.24, 2.45) is 5.92 Å². The fourth-order valence-electron chi connectivity index (χ4n) is 1.60. The summed E-state index contributed by atoms with van der Waals surface area (Å²) in [7, 11) is 0. The van der Waals surface area contributed by atoms with Crippen molar-refractivity contribution in [2.75, 3.05) is 6.61 Å². The second-order valence-electron chi connectivity index (χ2n) is 4.31. The van der Waals surface area contributed by atoms with E-state index in [2.05, 4.69) is 45.5 Å². The normalized spacial score (nSPS) is 10.4. The van der Waals surface area contributed by atoms with Gasteiger partial charge in [0.15, 0.2) is 0 Å². The van der Waals surface area contributed by atoms with Gasteiger partial charge in [-0.15, -0.1) is 0 Å². The van der Waals surface area contributed by atoms with Gasteiger partial charge in [-0.05, 0) is 30.9 Å². The summed E-state index contributed by atoms with van der Waals surface area (Å²) in [5.41, 5.74) is 2.59. The minimum Gasteiger partial charge on any atom is -0.489 e. The molecule has 0 heterocycles. The van der Waals surface area contributed by atoms with Gasteiger partial charge < -0.3 is 4.74 Å². The van der Waals surface area contributed by atoms with Crippen molar-refractivity contribution in [3.8, 4) is 5.75 Å². The maximum atomic E-state index is 5.62. The van der Waals surface area contributed by atoms with E-state index in [9.17, 15) is 0 Å². The van der Waals surface area contributed by atoms with Crippen molar-refractivity contribution < 1.29 is 4.74 Å². The second kappa shape index (κ2) is 5.59. The Hall–Kier alpha value is -1.24. The summed E-state index contributed by atoms with van der Waals surface area (Å²) in [4.78, 5) is 0. The van der Waals surface area contributed by atoms with Crippen molar-refractivity contribution in [3.63, 3.8) is 0 Å². The molecule has 15 heavy (non-hydrogen) atoms. The average Bonchev–Trinajstić information content (AvgIpc) is 2.16. The molecule has 0 amide bonds. The standard InChI is InChI=1S/C14H20O/c1-5-8-15-14-7-6-12(4)10-13(14)9-11(2)3/h5-7,10-11H,1,8-9H2,2-4H3. The molecule has 0 bridgehead atoms. The Morgan fingerprint density at radius 1 is 1.40 bits per heavy atom. The monoisotopic (exact) mass is 204 g/mol. The molecule has 0 spiro atoms. The van der Waals surface area contributed by atoms with E-state index in [-0.39, 0.29) is 0 Å². The largest absolute Gasteiger partial charge is 0.489 e. The number of aryl methyl sites for hydroxylation is 1. The van der Waals surface area contributed by atoms with Gasteiger partial charge in [-0.1, -0.05) is 44.2 Å². The van der Waals surface area contributed by atoms with Gasteiger partial charge >= 0.3 is 0 Å². The number of benzene rings is 1. The van der Waals surface area contributed by atoms with Crippen molar-refractivity contribution >= 4 is 0 Å². The van der Waals surface area contributed by atoms with Crippen molar-refractivity contribution in [1.29, 1.82) is 0 Å². The van der Waals surface area contributed by atoms with Crippen LogP contribution in [-0.2, 0) is 6.42 Å². The third kappa shape index (κ3) is 3.78. The third-order valence-electron chi connectivity index (χ3n) is 2.20. The maximum absolute atomic E-state index is 5.62. The Kier molecular flexibility index (Phi) is 4.41. The molecular formula is C14H20O. The summed E-state index contributed by atoms with van der Waals surface area (Å²) in [6.07, 6.45) is 2.84. The van der Waals surface area contributed by atoms with E-state index in [1.54, 1.807) is 6.08 Å². The van der Waals surface area contributed by atoms with E-state index >= 15 is 0 Å². The Bertz CT molecular complexity index is 326. The van der Waals surface area contributed by atoms with Crippen LogP contribution in [0.2, 0.25) is 0 Å². The van der Waals surface area contributed by atoms with Crippen LogP contribution in [0, 0.1) is 12.8 Å². The summed E-state index contributed by atoms with van der Waals surface area (Å²) in [6, 6.07) is 6.34. The minimum atomic E-state index is 0.578. The molecule has 1 rings (SSSR count). The van der Waals surface area contributed by atoms with E-state index in [1.165, 1.54) is 11.1 Å². The molecule has 0 saturated heterocycles. The number of hydrogen-bond donors (Lipinski definition) is 0. The molecule has 1 aromatic carbocycles. The van der Waals surface area contributed by atoms with Crippen LogP contribution in [0.25, 0.3) is 0 Å². The van der Waals surface area contributed by atoms with Gasteiger partial charge in [-0.2, -0.15) is 0 Å². The van der Waals surface area contributed by atoms with Gasteiger partial charge in [-0.25, -0.2) is 0 Å². The molecule has 0 saturated carbocycles. The van der Waals surface area contributed by atoms with Crippen LogP contribution in [0.15, 0.2) is 30.9 Å². The zero-order chi connectivity index (χ0) is 11.3. The Morgan fingerprint density at radius 3 is 2.73 bits per heavy atom. The summed E-state index contributed by atoms with van der Waals surface area (Å²) < 4.78 is 5.62. The van der Waals surface area contributed by atoms with Crippen LogP contribution in [-0.4, -0.2) is 6.61 Å². The van der Waals surface area contributed by atoms with Gasteiger partial charge in [-0.3, -0.25) is 0 Å². The third-order valence-corrected chi connectivity index (χ3v) is 2.20. The molecule has 1 aromatic rings. The molecule has 82 valence electrons. The summed E-state index contributed by atoms with van der Waals surface area (Å²) in [6.45, 7) is 10.8. The first-order valence-corrected chi connectivity index (χ1v) is 5.46. The topological polar surface area (TPSA) is 9.23 Å². The lowest BCUT2D eigenvalue weighted by molar-refractivity contribution is 0.357. The lowest BCUT2D eigenvalue weighted by Gasteiger charge is -2.12. The van der Waals surface area contributed by atoms with E-state index in [0.717, 1.165) is 12.2 Å². The van der Waals surface area contributed by atoms with Gasteiger partial charge in [0.05, 0.1) is 0 Å². The molecule has 1 nitrogen and oxygen atoms in total. The minimum absolute atomic E-state index is 0.578. The predicted molar refractivity (Wildman–Crippen MR) is 65.4 cm³/mol. The predicted octanol–water partition coefficient (Wildman–Crippen LogP) is 3.76. The zero-order valence-corrected chi connectivity index (χ0v) is 9.92. The molecule has 0 N–H and O–H groups in total. The van der Waals surface area contributed by atoms with Crippen LogP contribution < -0.4 is 4.74 Å². The lowest BCUT2D eigenvalue weighted by Crippen LogP contribution is -2.01. The van der Waals surface area contributed by atoms with E-state index in [4.69, 9.17) is 4.74 Å².